The number of carbonyl (C=O) groups excluding carboxylic acids is 2. The number of aliphatic carboxylic acids is 1. The number of carbonyl (C=O) groups is 3. The van der Waals surface area contributed by atoms with Crippen LogP contribution in [0.3, 0.4) is 0 Å². The number of amides is 2. The Morgan fingerprint density at radius 2 is 1.71 bits per heavy atom. The standard InChI is InChI=1S/C20H28N4O4/c1-11(2)8-17(20(27)28)24-19(26)16(23-18(25)12(3)21)9-13-10-22-15-7-5-4-6-14(13)15/h4-7,10-12,16-17,22H,8-9,21H2,1-3H3,(H,23,25)(H,24,26)(H,27,28)/t12-,16-,17-/m0/s1. The van der Waals surface area contributed by atoms with Gasteiger partial charge in [-0.15, -0.1) is 0 Å². The molecule has 0 aliphatic heterocycles. The van der Waals surface area contributed by atoms with Gasteiger partial charge in [0.05, 0.1) is 6.04 Å². The van der Waals surface area contributed by atoms with E-state index in [1.54, 1.807) is 6.20 Å². The summed E-state index contributed by atoms with van der Waals surface area (Å²) in [6.07, 6.45) is 2.29. The van der Waals surface area contributed by atoms with Gasteiger partial charge in [0, 0.05) is 23.5 Å². The van der Waals surface area contributed by atoms with Gasteiger partial charge in [-0.25, -0.2) is 4.79 Å². The van der Waals surface area contributed by atoms with E-state index < -0.39 is 35.9 Å². The molecule has 1 aromatic carbocycles. The van der Waals surface area contributed by atoms with Crippen molar-refractivity contribution in [3.8, 4) is 0 Å². The highest BCUT2D eigenvalue weighted by molar-refractivity contribution is 5.92. The lowest BCUT2D eigenvalue weighted by Gasteiger charge is -2.23. The lowest BCUT2D eigenvalue weighted by atomic mass is 10.0. The summed E-state index contributed by atoms with van der Waals surface area (Å²) in [6.45, 7) is 5.28. The molecular formula is C20H28N4O4. The number of aromatic nitrogens is 1. The highest BCUT2D eigenvalue weighted by atomic mass is 16.4. The third-order valence-electron chi connectivity index (χ3n) is 4.47. The molecule has 0 saturated heterocycles. The number of H-pyrrole nitrogens is 1. The minimum atomic E-state index is -1.11. The molecular weight excluding hydrogens is 360 g/mol. The lowest BCUT2D eigenvalue weighted by molar-refractivity contribution is -0.142. The third-order valence-corrected chi connectivity index (χ3v) is 4.47. The van der Waals surface area contributed by atoms with Crippen molar-refractivity contribution in [2.75, 3.05) is 0 Å². The van der Waals surface area contributed by atoms with Crippen LogP contribution in [-0.2, 0) is 20.8 Å². The molecule has 6 N–H and O–H groups in total. The number of fused-ring (bicyclic) bond motifs is 1. The van der Waals surface area contributed by atoms with Crippen LogP contribution in [0.15, 0.2) is 30.5 Å². The van der Waals surface area contributed by atoms with Gasteiger partial charge < -0.3 is 26.5 Å². The normalized spacial score (nSPS) is 14.5. The summed E-state index contributed by atoms with van der Waals surface area (Å²) in [4.78, 5) is 39.5. The number of benzene rings is 1. The Morgan fingerprint density at radius 1 is 1.07 bits per heavy atom. The monoisotopic (exact) mass is 388 g/mol. The second-order valence-electron chi connectivity index (χ2n) is 7.44. The molecule has 0 unspecified atom stereocenters. The highest BCUT2D eigenvalue weighted by Crippen LogP contribution is 2.19. The number of hydrogen-bond acceptors (Lipinski definition) is 4. The fraction of sp³-hybridized carbons (Fsp3) is 0.450. The van der Waals surface area contributed by atoms with Crippen molar-refractivity contribution in [3.05, 3.63) is 36.0 Å². The number of para-hydroxylation sites is 1. The van der Waals surface area contributed by atoms with E-state index in [9.17, 15) is 19.5 Å². The predicted octanol–water partition coefficient (Wildman–Crippen LogP) is 1.16. The van der Waals surface area contributed by atoms with Gasteiger partial charge in [0.1, 0.15) is 12.1 Å². The maximum absolute atomic E-state index is 12.8. The van der Waals surface area contributed by atoms with Gasteiger partial charge in [-0.2, -0.15) is 0 Å². The Bertz CT molecular complexity index is 844. The van der Waals surface area contributed by atoms with Crippen molar-refractivity contribution < 1.29 is 19.5 Å². The maximum atomic E-state index is 12.8. The van der Waals surface area contributed by atoms with Crippen molar-refractivity contribution in [3.63, 3.8) is 0 Å². The van der Waals surface area contributed by atoms with E-state index in [0.717, 1.165) is 16.5 Å². The summed E-state index contributed by atoms with van der Waals surface area (Å²) in [5.74, 6) is -2.04. The Balaban J connectivity index is 2.24. The number of carboxylic acid groups (broad SMARTS) is 1. The first-order valence-corrected chi connectivity index (χ1v) is 9.33. The largest absolute Gasteiger partial charge is 0.480 e. The Hall–Kier alpha value is -2.87. The van der Waals surface area contributed by atoms with Gasteiger partial charge in [-0.1, -0.05) is 32.0 Å². The molecule has 28 heavy (non-hydrogen) atoms. The molecule has 2 aromatic rings. The van der Waals surface area contributed by atoms with Crippen LogP contribution >= 0.6 is 0 Å². The number of nitrogens with two attached hydrogens (primary N) is 1. The molecule has 0 aliphatic rings. The number of hydrogen-bond donors (Lipinski definition) is 5. The first kappa shape index (κ1) is 21.4. The highest BCUT2D eigenvalue weighted by Gasteiger charge is 2.28. The van der Waals surface area contributed by atoms with Gasteiger partial charge >= 0.3 is 5.97 Å². The van der Waals surface area contributed by atoms with Gasteiger partial charge in [-0.3, -0.25) is 9.59 Å². The van der Waals surface area contributed by atoms with Crippen LogP contribution in [0.25, 0.3) is 10.9 Å². The summed E-state index contributed by atoms with van der Waals surface area (Å²) < 4.78 is 0. The Kier molecular flexibility index (Phi) is 7.17. The quantitative estimate of drug-likeness (QED) is 0.439. The topological polar surface area (TPSA) is 137 Å². The van der Waals surface area contributed by atoms with Crippen LogP contribution in [0.1, 0.15) is 32.8 Å². The molecule has 1 aromatic heterocycles. The van der Waals surface area contributed by atoms with E-state index in [1.165, 1.54) is 6.92 Å². The van der Waals surface area contributed by atoms with E-state index in [4.69, 9.17) is 5.73 Å². The predicted molar refractivity (Wildman–Crippen MR) is 107 cm³/mol. The zero-order valence-electron chi connectivity index (χ0n) is 16.4. The molecule has 152 valence electrons. The van der Waals surface area contributed by atoms with E-state index in [-0.39, 0.29) is 12.3 Å². The first-order valence-electron chi connectivity index (χ1n) is 9.33. The molecule has 0 fully saturated rings. The fourth-order valence-electron chi connectivity index (χ4n) is 3.00. The van der Waals surface area contributed by atoms with Crippen LogP contribution in [0.2, 0.25) is 0 Å². The smallest absolute Gasteiger partial charge is 0.326 e. The van der Waals surface area contributed by atoms with Gasteiger partial charge in [0.15, 0.2) is 0 Å². The molecule has 0 spiro atoms. The summed E-state index contributed by atoms with van der Waals surface area (Å²) in [7, 11) is 0. The zero-order chi connectivity index (χ0) is 20.8. The van der Waals surface area contributed by atoms with Crippen molar-refractivity contribution in [1.82, 2.24) is 15.6 Å². The summed E-state index contributed by atoms with van der Waals surface area (Å²) in [5, 5.41) is 15.5. The Morgan fingerprint density at radius 3 is 2.32 bits per heavy atom. The molecule has 0 saturated carbocycles. The molecule has 8 heteroatoms. The van der Waals surface area contributed by atoms with Crippen LogP contribution < -0.4 is 16.4 Å². The summed E-state index contributed by atoms with van der Waals surface area (Å²) in [6, 6.07) is 4.87. The molecule has 3 atom stereocenters. The van der Waals surface area contributed by atoms with Gasteiger partial charge in [0.2, 0.25) is 11.8 Å². The molecule has 2 rings (SSSR count). The summed E-state index contributed by atoms with van der Waals surface area (Å²) in [5.41, 5.74) is 7.38. The van der Waals surface area contributed by atoms with Crippen LogP contribution in [-0.4, -0.2) is 46.0 Å². The van der Waals surface area contributed by atoms with E-state index in [2.05, 4.69) is 15.6 Å². The lowest BCUT2D eigenvalue weighted by Crippen LogP contribution is -2.55. The molecule has 0 radical (unpaired) electrons. The minimum Gasteiger partial charge on any atom is -0.480 e. The molecule has 8 nitrogen and oxygen atoms in total. The van der Waals surface area contributed by atoms with E-state index in [0.29, 0.717) is 6.42 Å². The molecule has 0 bridgehead atoms. The van der Waals surface area contributed by atoms with Crippen LogP contribution in [0.5, 0.6) is 0 Å². The molecule has 1 heterocycles. The number of nitrogens with one attached hydrogen (secondary N) is 3. The van der Waals surface area contributed by atoms with E-state index >= 15 is 0 Å². The summed E-state index contributed by atoms with van der Waals surface area (Å²) >= 11 is 0. The average Bonchev–Trinajstić information content (AvgIpc) is 3.03. The number of carboxylic acids is 1. The maximum Gasteiger partial charge on any atom is 0.326 e. The SMILES string of the molecule is CC(C)C[C@H](NC(=O)[C@H](Cc1c[nH]c2ccccc12)NC(=O)[C@H](C)N)C(=O)O. The van der Waals surface area contributed by atoms with Crippen molar-refractivity contribution >= 4 is 28.7 Å². The van der Waals surface area contributed by atoms with Crippen molar-refractivity contribution in [2.45, 2.75) is 51.7 Å². The zero-order valence-corrected chi connectivity index (χ0v) is 16.4. The fourth-order valence-corrected chi connectivity index (χ4v) is 3.00. The third kappa shape index (κ3) is 5.56. The van der Waals surface area contributed by atoms with Crippen molar-refractivity contribution in [1.29, 1.82) is 0 Å². The van der Waals surface area contributed by atoms with Gasteiger partial charge in [-0.05, 0) is 30.9 Å². The molecule has 0 aliphatic carbocycles. The number of rotatable bonds is 9. The van der Waals surface area contributed by atoms with Crippen LogP contribution in [0, 0.1) is 5.92 Å². The number of aromatic amines is 1. The second kappa shape index (κ2) is 9.36. The first-order chi connectivity index (χ1) is 13.2. The Labute approximate surface area is 163 Å². The van der Waals surface area contributed by atoms with Crippen molar-refractivity contribution in [2.24, 2.45) is 11.7 Å². The molecule has 2 amide bonds. The van der Waals surface area contributed by atoms with E-state index in [1.807, 2.05) is 38.1 Å². The second-order valence-corrected chi connectivity index (χ2v) is 7.44. The average molecular weight is 388 g/mol. The van der Waals surface area contributed by atoms with Gasteiger partial charge in [0.25, 0.3) is 0 Å². The minimum absolute atomic E-state index is 0.0899. The van der Waals surface area contributed by atoms with Crippen LogP contribution in [0.4, 0.5) is 0 Å².